The molecule has 1 atom stereocenters. The zero-order valence-electron chi connectivity index (χ0n) is 11.7. The molecule has 0 spiro atoms. The van der Waals surface area contributed by atoms with Gasteiger partial charge in [-0.15, -0.1) is 0 Å². The fraction of sp³-hybridized carbons (Fsp3) is 0.647. The highest BCUT2D eigenvalue weighted by Gasteiger charge is 2.17. The monoisotopic (exact) mass is 308 g/mol. The predicted octanol–water partition coefficient (Wildman–Crippen LogP) is 5.58. The smallest absolute Gasteiger partial charge is 0.0188 e. The Morgan fingerprint density at radius 1 is 1.11 bits per heavy atom. The van der Waals surface area contributed by atoms with Gasteiger partial charge in [0.05, 0.1) is 0 Å². The summed E-state index contributed by atoms with van der Waals surface area (Å²) >= 11 is 3.89. The van der Waals surface area contributed by atoms with Gasteiger partial charge in [-0.3, -0.25) is 0 Å². The van der Waals surface area contributed by atoms with Crippen LogP contribution in [-0.2, 0) is 6.42 Å². The van der Waals surface area contributed by atoms with Crippen LogP contribution < -0.4 is 0 Å². The van der Waals surface area contributed by atoms with E-state index in [2.05, 4.69) is 48.0 Å². The van der Waals surface area contributed by atoms with Crippen LogP contribution >= 0.6 is 15.9 Å². The number of hydrogen-bond donors (Lipinski definition) is 0. The van der Waals surface area contributed by atoms with Gasteiger partial charge in [0, 0.05) is 4.83 Å². The Bertz CT molecular complexity index is 377. The van der Waals surface area contributed by atoms with Crippen LogP contribution in [0.4, 0.5) is 0 Å². The van der Waals surface area contributed by atoms with Crippen molar-refractivity contribution in [3.05, 3.63) is 34.9 Å². The SMILES string of the molecule is Cc1ccc(CC(Br)CC2CCCCC2)cc1C. The molecule has 0 N–H and O–H groups in total. The largest absolute Gasteiger partial charge is 0.0887 e. The van der Waals surface area contributed by atoms with E-state index in [1.807, 2.05) is 0 Å². The lowest BCUT2D eigenvalue weighted by Crippen LogP contribution is -2.13. The van der Waals surface area contributed by atoms with Crippen molar-refractivity contribution in [2.75, 3.05) is 0 Å². The number of benzene rings is 1. The van der Waals surface area contributed by atoms with Crippen molar-refractivity contribution < 1.29 is 0 Å². The summed E-state index contributed by atoms with van der Waals surface area (Å²) in [5.74, 6) is 0.967. The van der Waals surface area contributed by atoms with Gasteiger partial charge in [0.15, 0.2) is 0 Å². The summed E-state index contributed by atoms with van der Waals surface area (Å²) in [6.07, 6.45) is 9.80. The fourth-order valence-corrected chi connectivity index (χ4v) is 3.96. The molecule has 0 saturated heterocycles. The maximum absolute atomic E-state index is 3.89. The number of aryl methyl sites for hydroxylation is 2. The van der Waals surface area contributed by atoms with E-state index >= 15 is 0 Å². The second kappa shape index (κ2) is 6.75. The minimum absolute atomic E-state index is 0.655. The van der Waals surface area contributed by atoms with Crippen LogP contribution in [0, 0.1) is 19.8 Å². The van der Waals surface area contributed by atoms with Gasteiger partial charge in [-0.1, -0.05) is 66.2 Å². The molecular weight excluding hydrogens is 284 g/mol. The topological polar surface area (TPSA) is 0 Å². The average Bonchev–Trinajstić information content (AvgIpc) is 2.35. The lowest BCUT2D eigenvalue weighted by Gasteiger charge is -2.24. The third-order valence-electron chi connectivity index (χ3n) is 4.34. The summed E-state index contributed by atoms with van der Waals surface area (Å²) in [7, 11) is 0. The summed E-state index contributed by atoms with van der Waals surface area (Å²) in [4.78, 5) is 0.655. The molecule has 0 nitrogen and oxygen atoms in total. The van der Waals surface area contributed by atoms with Crippen LogP contribution in [0.1, 0.15) is 55.2 Å². The normalized spacial score (nSPS) is 18.8. The Labute approximate surface area is 120 Å². The van der Waals surface area contributed by atoms with Crippen LogP contribution in [-0.4, -0.2) is 4.83 Å². The molecule has 2 rings (SSSR count). The first-order chi connectivity index (χ1) is 8.65. The van der Waals surface area contributed by atoms with E-state index in [1.54, 1.807) is 0 Å². The molecule has 1 aliphatic carbocycles. The molecular formula is C17H25Br. The van der Waals surface area contributed by atoms with Crippen molar-refractivity contribution in [3.8, 4) is 0 Å². The maximum Gasteiger partial charge on any atom is 0.0188 e. The highest BCUT2D eigenvalue weighted by Crippen LogP contribution is 2.30. The van der Waals surface area contributed by atoms with Gasteiger partial charge in [-0.25, -0.2) is 0 Å². The molecule has 18 heavy (non-hydrogen) atoms. The van der Waals surface area contributed by atoms with Gasteiger partial charge in [-0.05, 0) is 49.3 Å². The third-order valence-corrected chi connectivity index (χ3v) is 5.04. The summed E-state index contributed by atoms with van der Waals surface area (Å²) in [6.45, 7) is 4.40. The molecule has 1 saturated carbocycles. The quantitative estimate of drug-likeness (QED) is 0.637. The van der Waals surface area contributed by atoms with Crippen LogP contribution in [0.2, 0.25) is 0 Å². The highest BCUT2D eigenvalue weighted by atomic mass is 79.9. The van der Waals surface area contributed by atoms with Gasteiger partial charge in [-0.2, -0.15) is 0 Å². The molecule has 1 aromatic carbocycles. The van der Waals surface area contributed by atoms with Gasteiger partial charge >= 0.3 is 0 Å². The average molecular weight is 309 g/mol. The molecule has 1 heteroatoms. The molecule has 0 aliphatic heterocycles. The molecule has 0 radical (unpaired) electrons. The van der Waals surface area contributed by atoms with E-state index in [1.165, 1.54) is 61.6 Å². The van der Waals surface area contributed by atoms with E-state index < -0.39 is 0 Å². The molecule has 1 unspecified atom stereocenters. The van der Waals surface area contributed by atoms with E-state index in [0.29, 0.717) is 4.83 Å². The number of halogens is 1. The Balaban J connectivity index is 1.85. The molecule has 0 amide bonds. The van der Waals surface area contributed by atoms with Crippen LogP contribution in [0.3, 0.4) is 0 Å². The standard InChI is InChI=1S/C17H25Br/c1-13-8-9-16(10-14(13)2)12-17(18)11-15-6-4-3-5-7-15/h8-10,15,17H,3-7,11-12H2,1-2H3. The number of rotatable bonds is 4. The summed E-state index contributed by atoms with van der Waals surface area (Å²) < 4.78 is 0. The molecule has 1 aliphatic rings. The molecule has 100 valence electrons. The van der Waals surface area contributed by atoms with Crippen molar-refractivity contribution in [1.29, 1.82) is 0 Å². The highest BCUT2D eigenvalue weighted by molar-refractivity contribution is 9.09. The van der Waals surface area contributed by atoms with E-state index in [0.717, 1.165) is 5.92 Å². The van der Waals surface area contributed by atoms with Gasteiger partial charge in [0.25, 0.3) is 0 Å². The Kier molecular flexibility index (Phi) is 5.29. The zero-order chi connectivity index (χ0) is 13.0. The van der Waals surface area contributed by atoms with E-state index in [4.69, 9.17) is 0 Å². The maximum atomic E-state index is 3.89. The molecule has 0 bridgehead atoms. The van der Waals surface area contributed by atoms with Gasteiger partial charge in [0.2, 0.25) is 0 Å². The Morgan fingerprint density at radius 3 is 2.50 bits per heavy atom. The summed E-state index contributed by atoms with van der Waals surface area (Å²) in [6, 6.07) is 6.90. The van der Waals surface area contributed by atoms with Crippen molar-refractivity contribution >= 4 is 15.9 Å². The van der Waals surface area contributed by atoms with Gasteiger partial charge < -0.3 is 0 Å². The van der Waals surface area contributed by atoms with E-state index in [-0.39, 0.29) is 0 Å². The van der Waals surface area contributed by atoms with Crippen LogP contribution in [0.15, 0.2) is 18.2 Å². The molecule has 1 aromatic rings. The molecule has 1 fully saturated rings. The van der Waals surface area contributed by atoms with Crippen molar-refractivity contribution in [1.82, 2.24) is 0 Å². The minimum Gasteiger partial charge on any atom is -0.0887 e. The minimum atomic E-state index is 0.655. The lowest BCUT2D eigenvalue weighted by molar-refractivity contribution is 0.337. The third kappa shape index (κ3) is 4.12. The van der Waals surface area contributed by atoms with Gasteiger partial charge in [0.1, 0.15) is 0 Å². The van der Waals surface area contributed by atoms with Crippen molar-refractivity contribution in [2.24, 2.45) is 5.92 Å². The zero-order valence-corrected chi connectivity index (χ0v) is 13.3. The predicted molar refractivity (Wildman–Crippen MR) is 83.5 cm³/mol. The van der Waals surface area contributed by atoms with Crippen molar-refractivity contribution in [3.63, 3.8) is 0 Å². The first kappa shape index (κ1) is 14.1. The number of alkyl halides is 1. The van der Waals surface area contributed by atoms with E-state index in [9.17, 15) is 0 Å². The fourth-order valence-electron chi connectivity index (χ4n) is 3.05. The second-order valence-corrected chi connectivity index (χ2v) is 7.25. The first-order valence-electron chi connectivity index (χ1n) is 7.35. The first-order valence-corrected chi connectivity index (χ1v) is 8.27. The van der Waals surface area contributed by atoms with Crippen molar-refractivity contribution in [2.45, 2.75) is 63.6 Å². The Hall–Kier alpha value is -0.300. The lowest BCUT2D eigenvalue weighted by atomic mass is 9.85. The summed E-state index contributed by atoms with van der Waals surface area (Å²) in [5.41, 5.74) is 4.30. The second-order valence-electron chi connectivity index (χ2n) is 5.96. The summed E-state index contributed by atoms with van der Waals surface area (Å²) in [5, 5.41) is 0. The molecule has 0 heterocycles. The van der Waals surface area contributed by atoms with Crippen LogP contribution in [0.5, 0.6) is 0 Å². The Morgan fingerprint density at radius 2 is 1.83 bits per heavy atom. The molecule has 0 aromatic heterocycles. The number of hydrogen-bond acceptors (Lipinski definition) is 0. The van der Waals surface area contributed by atoms with Crippen LogP contribution in [0.25, 0.3) is 0 Å².